The van der Waals surface area contributed by atoms with E-state index in [4.69, 9.17) is 0 Å². The predicted octanol–water partition coefficient (Wildman–Crippen LogP) is 4.32. The van der Waals surface area contributed by atoms with E-state index in [-0.39, 0.29) is 17.1 Å². The maximum Gasteiger partial charge on any atom is 0.319 e. The summed E-state index contributed by atoms with van der Waals surface area (Å²) in [5, 5.41) is 8.67. The molecule has 0 saturated carbocycles. The molecule has 0 amide bonds. The molecule has 0 spiro atoms. The summed E-state index contributed by atoms with van der Waals surface area (Å²) in [7, 11) is -0.548. The van der Waals surface area contributed by atoms with Crippen LogP contribution in [0.3, 0.4) is 0 Å². The normalized spacial score (nSPS) is 14.9. The number of benzene rings is 1. The van der Waals surface area contributed by atoms with E-state index in [1.807, 2.05) is 26.2 Å². The molecule has 0 radical (unpaired) electrons. The van der Waals surface area contributed by atoms with Crippen molar-refractivity contribution in [1.82, 2.24) is 0 Å². The average Bonchev–Trinajstić information content (AvgIpc) is 2.58. The molecule has 6 heteroatoms. The van der Waals surface area contributed by atoms with E-state index in [2.05, 4.69) is 19.1 Å². The third-order valence-electron chi connectivity index (χ3n) is 5.55. The molecule has 1 rings (SSSR count). The zero-order valence-corrected chi connectivity index (χ0v) is 18.2. The zero-order chi connectivity index (χ0) is 20.5. The van der Waals surface area contributed by atoms with Gasteiger partial charge in [-0.05, 0) is 24.5 Å². The summed E-state index contributed by atoms with van der Waals surface area (Å²) in [4.78, 5) is 0. The minimum absolute atomic E-state index is 0.0322. The summed E-state index contributed by atoms with van der Waals surface area (Å²) in [6, 6.07) is 8.05. The minimum Gasteiger partial charge on any atom is -0.396 e. The van der Waals surface area contributed by atoms with E-state index < -0.39 is 15.5 Å². The van der Waals surface area contributed by atoms with Gasteiger partial charge in [0, 0.05) is 25.0 Å². The number of quaternary nitrogens is 1. The van der Waals surface area contributed by atoms with Crippen molar-refractivity contribution in [3.05, 3.63) is 35.4 Å². The molecule has 0 saturated heterocycles. The molecule has 2 N–H and O–H groups in total. The molecule has 1 aromatic rings. The van der Waals surface area contributed by atoms with E-state index in [0.29, 0.717) is 12.8 Å². The van der Waals surface area contributed by atoms with Crippen molar-refractivity contribution in [2.24, 2.45) is 0 Å². The lowest BCUT2D eigenvalue weighted by atomic mass is 9.96. The molecule has 0 fully saturated rings. The summed E-state index contributed by atoms with van der Waals surface area (Å²) in [6.07, 6.45) is 7.90. The Kier molecular flexibility index (Phi) is 9.95. The predicted molar refractivity (Wildman–Crippen MR) is 111 cm³/mol. The van der Waals surface area contributed by atoms with Crippen molar-refractivity contribution in [3.63, 3.8) is 0 Å². The van der Waals surface area contributed by atoms with Crippen LogP contribution in [0, 0.1) is 0 Å². The zero-order valence-electron chi connectivity index (χ0n) is 17.4. The Hall–Kier alpha value is -0.950. The van der Waals surface area contributed by atoms with Crippen LogP contribution in [0.4, 0.5) is 0 Å². The molecule has 0 bridgehead atoms. The molecule has 2 atom stereocenters. The van der Waals surface area contributed by atoms with Gasteiger partial charge < -0.3 is 9.59 Å². The molecule has 0 aliphatic carbocycles. The average molecular weight is 401 g/mol. The molecule has 0 heterocycles. The van der Waals surface area contributed by atoms with Crippen LogP contribution in [-0.4, -0.2) is 48.6 Å². The lowest BCUT2D eigenvalue weighted by Gasteiger charge is -2.42. The molecule has 0 aromatic heterocycles. The van der Waals surface area contributed by atoms with Gasteiger partial charge in [0.15, 0.2) is 0 Å². The number of aliphatic hydroxyl groups is 1. The topological polar surface area (TPSA) is 74.6 Å². The Balaban J connectivity index is 3.04. The van der Waals surface area contributed by atoms with Crippen LogP contribution in [0.2, 0.25) is 0 Å². The van der Waals surface area contributed by atoms with Gasteiger partial charge in [-0.25, -0.2) is 0 Å². The molecule has 27 heavy (non-hydrogen) atoms. The minimum atomic E-state index is -4.19. The summed E-state index contributed by atoms with van der Waals surface area (Å²) in [5.41, 5.74) is 2.26. The van der Waals surface area contributed by atoms with Crippen molar-refractivity contribution in [2.75, 3.05) is 20.7 Å². The Labute approximate surface area is 165 Å². The first-order valence-electron chi connectivity index (χ1n) is 10.2. The van der Waals surface area contributed by atoms with Crippen molar-refractivity contribution < 1.29 is 22.6 Å². The lowest BCUT2D eigenvalue weighted by molar-refractivity contribution is -0.932. The fraction of sp³-hybridized carbons (Fsp3) is 0.714. The Morgan fingerprint density at radius 2 is 1.74 bits per heavy atom. The SMILES string of the molecule is CCCCCCCc1cccc(C(CCO)[N+](C)(C)C(CC)S(=O)(=O)O)c1. The van der Waals surface area contributed by atoms with E-state index in [1.54, 1.807) is 6.92 Å². The fourth-order valence-corrected chi connectivity index (χ4v) is 5.37. The summed E-state index contributed by atoms with van der Waals surface area (Å²) in [5.74, 6) is 0. The molecule has 0 aliphatic rings. The molecule has 0 aliphatic heterocycles. The fourth-order valence-electron chi connectivity index (χ4n) is 4.12. The number of hydrogen-bond acceptors (Lipinski definition) is 3. The van der Waals surface area contributed by atoms with Gasteiger partial charge in [0.05, 0.1) is 14.1 Å². The maximum absolute atomic E-state index is 11.9. The summed E-state index contributed by atoms with van der Waals surface area (Å²) >= 11 is 0. The Morgan fingerprint density at radius 1 is 1.07 bits per heavy atom. The van der Waals surface area contributed by atoms with E-state index in [1.165, 1.54) is 31.2 Å². The van der Waals surface area contributed by atoms with Crippen LogP contribution in [0.1, 0.15) is 76.0 Å². The largest absolute Gasteiger partial charge is 0.396 e. The number of hydrogen-bond donors (Lipinski definition) is 2. The van der Waals surface area contributed by atoms with Gasteiger partial charge in [0.2, 0.25) is 5.37 Å². The van der Waals surface area contributed by atoms with Crippen LogP contribution in [-0.2, 0) is 16.5 Å². The van der Waals surface area contributed by atoms with E-state index >= 15 is 0 Å². The quantitative estimate of drug-likeness (QED) is 0.294. The molecule has 5 nitrogen and oxygen atoms in total. The Bertz CT molecular complexity index is 658. The van der Waals surface area contributed by atoms with Crippen molar-refractivity contribution in [3.8, 4) is 0 Å². The second-order valence-corrected chi connectivity index (χ2v) is 9.52. The lowest BCUT2D eigenvalue weighted by Crippen LogP contribution is -2.54. The number of aryl methyl sites for hydroxylation is 1. The van der Waals surface area contributed by atoms with Crippen LogP contribution in [0.25, 0.3) is 0 Å². The monoisotopic (exact) mass is 400 g/mol. The highest BCUT2D eigenvalue weighted by molar-refractivity contribution is 7.86. The van der Waals surface area contributed by atoms with Gasteiger partial charge in [-0.15, -0.1) is 0 Å². The van der Waals surface area contributed by atoms with Crippen LogP contribution in [0.5, 0.6) is 0 Å². The smallest absolute Gasteiger partial charge is 0.319 e. The molecule has 1 aromatic carbocycles. The van der Waals surface area contributed by atoms with Gasteiger partial charge in [0.25, 0.3) is 0 Å². The number of aliphatic hydroxyl groups excluding tert-OH is 1. The molecule has 156 valence electrons. The standard InChI is InChI=1S/C21H37NO4S/c1-5-7-8-9-10-12-18-13-11-14-19(17-18)20(15-16-23)22(3,4)21(6-2)27(24,25)26/h11,13-14,17,20-21,23H,5-10,12,15-16H2,1-4H3/p+1. The maximum atomic E-state index is 11.9. The van der Waals surface area contributed by atoms with Crippen LogP contribution in [0.15, 0.2) is 24.3 Å². The number of nitrogens with zero attached hydrogens (tertiary/aromatic N) is 1. The van der Waals surface area contributed by atoms with Gasteiger partial charge >= 0.3 is 10.1 Å². The van der Waals surface area contributed by atoms with Gasteiger partial charge in [-0.2, -0.15) is 8.42 Å². The number of unbranched alkanes of at least 4 members (excludes halogenated alkanes) is 4. The highest BCUT2D eigenvalue weighted by Crippen LogP contribution is 2.34. The van der Waals surface area contributed by atoms with Crippen molar-refractivity contribution in [1.29, 1.82) is 0 Å². The highest BCUT2D eigenvalue weighted by Gasteiger charge is 2.43. The van der Waals surface area contributed by atoms with Crippen molar-refractivity contribution >= 4 is 10.1 Å². The summed E-state index contributed by atoms with van der Waals surface area (Å²) in [6.45, 7) is 3.94. The van der Waals surface area contributed by atoms with Crippen molar-refractivity contribution in [2.45, 2.75) is 76.6 Å². The summed E-state index contributed by atoms with van der Waals surface area (Å²) < 4.78 is 33.6. The van der Waals surface area contributed by atoms with E-state index in [9.17, 15) is 18.1 Å². The van der Waals surface area contributed by atoms with Gasteiger partial charge in [-0.1, -0.05) is 57.7 Å². The third-order valence-corrected chi connectivity index (χ3v) is 7.11. The van der Waals surface area contributed by atoms with Gasteiger partial charge in [-0.3, -0.25) is 4.55 Å². The molecule has 2 unspecified atom stereocenters. The first-order valence-corrected chi connectivity index (χ1v) is 11.7. The Morgan fingerprint density at radius 3 is 2.30 bits per heavy atom. The van der Waals surface area contributed by atoms with E-state index in [0.717, 1.165) is 18.4 Å². The number of rotatable bonds is 13. The van der Waals surface area contributed by atoms with Gasteiger partial charge in [0.1, 0.15) is 6.04 Å². The third kappa shape index (κ3) is 7.18. The second kappa shape index (κ2) is 11.1. The van der Waals surface area contributed by atoms with Crippen LogP contribution < -0.4 is 0 Å². The second-order valence-electron chi connectivity index (χ2n) is 7.94. The first kappa shape index (κ1) is 24.1. The first-order chi connectivity index (χ1) is 12.7. The molecular weight excluding hydrogens is 362 g/mol. The highest BCUT2D eigenvalue weighted by atomic mass is 32.2. The van der Waals surface area contributed by atoms with Crippen LogP contribution >= 0.6 is 0 Å². The molecular formula is C21H38NO4S+.